The zero-order valence-electron chi connectivity index (χ0n) is 9.49. The lowest BCUT2D eigenvalue weighted by molar-refractivity contribution is -0.00844. The van der Waals surface area contributed by atoms with Gasteiger partial charge >= 0.3 is 0 Å². The summed E-state index contributed by atoms with van der Waals surface area (Å²) in [4.78, 5) is 0. The van der Waals surface area contributed by atoms with Crippen molar-refractivity contribution in [3.8, 4) is 0 Å². The maximum absolute atomic E-state index is 5.79. The molecule has 0 saturated heterocycles. The highest BCUT2D eigenvalue weighted by Crippen LogP contribution is 1.99. The molecule has 0 aromatic carbocycles. The molecule has 0 spiro atoms. The maximum Gasteiger partial charge on any atom is 0.0704 e. The number of hydrogen-bond donors (Lipinski definition) is 1. The van der Waals surface area contributed by atoms with Crippen molar-refractivity contribution in [2.75, 3.05) is 33.5 Å². The van der Waals surface area contributed by atoms with Crippen molar-refractivity contribution >= 4 is 0 Å². The number of nitrogens with two attached hydrogens (primary N) is 1. The number of ether oxygens (including phenoxy) is 3. The summed E-state index contributed by atoms with van der Waals surface area (Å²) in [5.74, 6) is 0. The summed E-state index contributed by atoms with van der Waals surface area (Å²) in [6.07, 6.45) is 1.04. The number of hydrogen-bond acceptors (Lipinski definition) is 4. The van der Waals surface area contributed by atoms with Crippen LogP contribution >= 0.6 is 0 Å². The molecule has 0 bridgehead atoms. The number of rotatable bonds is 9. The van der Waals surface area contributed by atoms with Crippen LogP contribution in [0.3, 0.4) is 0 Å². The van der Waals surface area contributed by atoms with Gasteiger partial charge in [0.1, 0.15) is 0 Å². The zero-order chi connectivity index (χ0) is 10.8. The van der Waals surface area contributed by atoms with Gasteiger partial charge in [-0.15, -0.1) is 0 Å². The molecular formula is C10H23NO3. The molecule has 2 atom stereocenters. The third kappa shape index (κ3) is 7.26. The minimum Gasteiger partial charge on any atom is -0.382 e. The highest BCUT2D eigenvalue weighted by atomic mass is 16.5. The van der Waals surface area contributed by atoms with Gasteiger partial charge in [0.2, 0.25) is 0 Å². The van der Waals surface area contributed by atoms with Crippen molar-refractivity contribution in [2.45, 2.75) is 32.4 Å². The van der Waals surface area contributed by atoms with Gasteiger partial charge in [0.15, 0.2) is 0 Å². The van der Waals surface area contributed by atoms with E-state index in [1.165, 1.54) is 0 Å². The smallest absolute Gasteiger partial charge is 0.0704 e. The zero-order valence-corrected chi connectivity index (χ0v) is 9.49. The SMILES string of the molecule is CCC(N)C(C)OCCOCCOC. The highest BCUT2D eigenvalue weighted by Gasteiger charge is 2.09. The molecule has 0 aliphatic rings. The second-order valence-electron chi connectivity index (χ2n) is 3.25. The van der Waals surface area contributed by atoms with Gasteiger partial charge in [-0.05, 0) is 13.3 Å². The van der Waals surface area contributed by atoms with E-state index in [1.807, 2.05) is 6.92 Å². The molecule has 0 fully saturated rings. The van der Waals surface area contributed by atoms with Crippen molar-refractivity contribution in [3.05, 3.63) is 0 Å². The van der Waals surface area contributed by atoms with E-state index in [2.05, 4.69) is 6.92 Å². The van der Waals surface area contributed by atoms with E-state index in [4.69, 9.17) is 19.9 Å². The molecule has 0 heterocycles. The Balaban J connectivity index is 3.18. The van der Waals surface area contributed by atoms with Gasteiger partial charge in [-0.1, -0.05) is 6.92 Å². The first-order valence-electron chi connectivity index (χ1n) is 5.16. The third-order valence-corrected chi connectivity index (χ3v) is 2.11. The molecule has 0 aromatic rings. The Labute approximate surface area is 86.7 Å². The van der Waals surface area contributed by atoms with Crippen LogP contribution in [0, 0.1) is 0 Å². The Morgan fingerprint density at radius 1 is 1.14 bits per heavy atom. The van der Waals surface area contributed by atoms with Gasteiger partial charge < -0.3 is 19.9 Å². The fourth-order valence-electron chi connectivity index (χ4n) is 0.993. The fourth-order valence-corrected chi connectivity index (χ4v) is 0.993. The van der Waals surface area contributed by atoms with Crippen LogP contribution in [-0.4, -0.2) is 45.7 Å². The van der Waals surface area contributed by atoms with Gasteiger partial charge in [-0.25, -0.2) is 0 Å². The Morgan fingerprint density at radius 3 is 2.36 bits per heavy atom. The first kappa shape index (κ1) is 13.8. The Bertz CT molecular complexity index is 122. The minimum absolute atomic E-state index is 0.103. The molecule has 4 heteroatoms. The lowest BCUT2D eigenvalue weighted by Gasteiger charge is -2.18. The molecule has 2 N–H and O–H groups in total. The molecule has 0 radical (unpaired) electrons. The van der Waals surface area contributed by atoms with Gasteiger partial charge in [-0.3, -0.25) is 0 Å². The van der Waals surface area contributed by atoms with Gasteiger partial charge in [0.05, 0.1) is 32.5 Å². The lowest BCUT2D eigenvalue weighted by Crippen LogP contribution is -2.34. The van der Waals surface area contributed by atoms with Crippen LogP contribution in [0.4, 0.5) is 0 Å². The predicted molar refractivity (Wildman–Crippen MR) is 56.4 cm³/mol. The molecule has 0 aromatic heterocycles. The average molecular weight is 205 g/mol. The van der Waals surface area contributed by atoms with E-state index in [0.717, 1.165) is 6.42 Å². The topological polar surface area (TPSA) is 53.7 Å². The monoisotopic (exact) mass is 205 g/mol. The van der Waals surface area contributed by atoms with E-state index in [9.17, 15) is 0 Å². The lowest BCUT2D eigenvalue weighted by atomic mass is 10.1. The maximum atomic E-state index is 5.79. The molecular weight excluding hydrogens is 182 g/mol. The van der Waals surface area contributed by atoms with Crippen LogP contribution in [0.2, 0.25) is 0 Å². The molecule has 0 saturated carbocycles. The molecule has 0 amide bonds. The molecule has 2 unspecified atom stereocenters. The quantitative estimate of drug-likeness (QED) is 0.565. The average Bonchev–Trinajstić information content (AvgIpc) is 2.21. The van der Waals surface area contributed by atoms with Crippen LogP contribution in [0.25, 0.3) is 0 Å². The molecule has 0 aliphatic heterocycles. The largest absolute Gasteiger partial charge is 0.382 e. The second-order valence-corrected chi connectivity index (χ2v) is 3.25. The van der Waals surface area contributed by atoms with Crippen molar-refractivity contribution in [1.82, 2.24) is 0 Å². The summed E-state index contributed by atoms with van der Waals surface area (Å²) in [6, 6.07) is 0.119. The third-order valence-electron chi connectivity index (χ3n) is 2.11. The van der Waals surface area contributed by atoms with E-state index in [0.29, 0.717) is 26.4 Å². The summed E-state index contributed by atoms with van der Waals surface area (Å²) in [7, 11) is 1.65. The first-order valence-corrected chi connectivity index (χ1v) is 5.16. The summed E-state index contributed by atoms with van der Waals surface area (Å²) in [5, 5.41) is 0. The van der Waals surface area contributed by atoms with Crippen LogP contribution in [0.1, 0.15) is 20.3 Å². The fraction of sp³-hybridized carbons (Fsp3) is 1.00. The van der Waals surface area contributed by atoms with Crippen molar-refractivity contribution in [1.29, 1.82) is 0 Å². The summed E-state index contributed by atoms with van der Waals surface area (Å²) < 4.78 is 15.6. The van der Waals surface area contributed by atoms with Crippen molar-refractivity contribution in [2.24, 2.45) is 5.73 Å². The normalized spacial score (nSPS) is 15.4. The minimum atomic E-state index is 0.103. The van der Waals surface area contributed by atoms with E-state index in [1.54, 1.807) is 7.11 Å². The molecule has 0 rings (SSSR count). The van der Waals surface area contributed by atoms with Gasteiger partial charge in [0, 0.05) is 13.2 Å². The highest BCUT2D eigenvalue weighted by molar-refractivity contribution is 4.66. The van der Waals surface area contributed by atoms with E-state index >= 15 is 0 Å². The number of methoxy groups -OCH3 is 1. The second kappa shape index (κ2) is 9.40. The first-order chi connectivity index (χ1) is 6.72. The van der Waals surface area contributed by atoms with Crippen LogP contribution < -0.4 is 5.73 Å². The van der Waals surface area contributed by atoms with Crippen molar-refractivity contribution < 1.29 is 14.2 Å². The molecule has 0 aliphatic carbocycles. The van der Waals surface area contributed by atoms with Crippen LogP contribution in [-0.2, 0) is 14.2 Å². The van der Waals surface area contributed by atoms with E-state index in [-0.39, 0.29) is 12.1 Å². The summed E-state index contributed by atoms with van der Waals surface area (Å²) >= 11 is 0. The van der Waals surface area contributed by atoms with Gasteiger partial charge in [0.25, 0.3) is 0 Å². The summed E-state index contributed by atoms with van der Waals surface area (Å²) in [5.41, 5.74) is 5.79. The van der Waals surface area contributed by atoms with Gasteiger partial charge in [-0.2, -0.15) is 0 Å². The standard InChI is InChI=1S/C10H23NO3/c1-4-10(11)9(2)14-8-7-13-6-5-12-3/h9-10H,4-8,11H2,1-3H3. The van der Waals surface area contributed by atoms with E-state index < -0.39 is 0 Å². The Hall–Kier alpha value is -0.160. The van der Waals surface area contributed by atoms with Crippen molar-refractivity contribution in [3.63, 3.8) is 0 Å². The van der Waals surface area contributed by atoms with Crippen LogP contribution in [0.5, 0.6) is 0 Å². The summed E-state index contributed by atoms with van der Waals surface area (Å²) in [6.45, 7) is 6.49. The molecule has 4 nitrogen and oxygen atoms in total. The Kier molecular flexibility index (Phi) is 9.29. The predicted octanol–water partition coefficient (Wildman–Crippen LogP) is 0.792. The molecule has 14 heavy (non-hydrogen) atoms. The molecule has 86 valence electrons. The Morgan fingerprint density at radius 2 is 1.79 bits per heavy atom. The van der Waals surface area contributed by atoms with Crippen LogP contribution in [0.15, 0.2) is 0 Å².